The molecule has 31 heteroatoms. The Bertz CT molecular complexity index is 3210. The van der Waals surface area contributed by atoms with Gasteiger partial charge in [-0.2, -0.15) is 0 Å². The third kappa shape index (κ3) is 14.7. The van der Waals surface area contributed by atoms with Crippen molar-refractivity contribution in [3.8, 4) is 51.7 Å². The van der Waals surface area contributed by atoms with E-state index in [1.54, 1.807) is 0 Å². The van der Waals surface area contributed by atoms with Crippen molar-refractivity contribution in [2.75, 3.05) is 26.9 Å². The van der Waals surface area contributed by atoms with Crippen LogP contribution >= 0.6 is 0 Å². The van der Waals surface area contributed by atoms with Gasteiger partial charge in [0.2, 0.25) is 24.6 Å². The van der Waals surface area contributed by atoms with Crippen LogP contribution in [0, 0.1) is 0 Å². The minimum absolute atomic E-state index is 0.00768. The zero-order chi connectivity index (χ0) is 64.3. The summed E-state index contributed by atoms with van der Waals surface area (Å²) in [6.45, 7) is -0.732. The Morgan fingerprint density at radius 2 is 1.11 bits per heavy atom. The van der Waals surface area contributed by atoms with E-state index in [0.29, 0.717) is 11.1 Å². The Labute approximate surface area is 503 Å². The lowest BCUT2D eigenvalue weighted by molar-refractivity contribution is -0.325. The number of phenols is 5. The van der Waals surface area contributed by atoms with Crippen molar-refractivity contribution < 1.29 is 153 Å². The van der Waals surface area contributed by atoms with Gasteiger partial charge in [0.05, 0.1) is 32.0 Å². The number of aliphatic hydroxyl groups is 12. The van der Waals surface area contributed by atoms with Crippen molar-refractivity contribution in [1.82, 2.24) is 0 Å². The summed E-state index contributed by atoms with van der Waals surface area (Å²) in [6.07, 6.45) is -30.2. The molecule has 1 unspecified atom stereocenters. The Kier molecular flexibility index (Phi) is 20.7. The predicted octanol–water partition coefficient (Wildman–Crippen LogP) is -2.75. The molecule has 21 atom stereocenters. The van der Waals surface area contributed by atoms with Gasteiger partial charge in [-0.1, -0.05) is 18.2 Å². The van der Waals surface area contributed by atoms with Crippen LogP contribution in [-0.4, -0.2) is 249 Å². The Balaban J connectivity index is 0.809. The molecule has 17 N–H and O–H groups in total. The molecule has 484 valence electrons. The number of carbonyl (C=O) groups excluding carboxylic acids is 2. The zero-order valence-electron chi connectivity index (χ0n) is 46.8. The maximum atomic E-state index is 13.1. The van der Waals surface area contributed by atoms with E-state index in [0.717, 1.165) is 30.4 Å². The number of benzene rings is 4. The summed E-state index contributed by atoms with van der Waals surface area (Å²) in [7, 11) is 1.19. The fourth-order valence-corrected chi connectivity index (χ4v) is 9.95. The van der Waals surface area contributed by atoms with E-state index in [2.05, 4.69) is 0 Å². The maximum Gasteiger partial charge on any atom is 0.331 e. The number of hydrogen-bond acceptors (Lipinski definition) is 31. The number of ether oxygens (including phenoxy) is 12. The van der Waals surface area contributed by atoms with Crippen LogP contribution in [0.15, 0.2) is 84.6 Å². The van der Waals surface area contributed by atoms with Crippen LogP contribution in [0.4, 0.5) is 0 Å². The Morgan fingerprint density at radius 3 is 1.75 bits per heavy atom. The first-order valence-electron chi connectivity index (χ1n) is 27.4. The van der Waals surface area contributed by atoms with E-state index in [1.165, 1.54) is 80.8 Å². The molecule has 31 nitrogen and oxygen atoms in total. The number of aliphatic hydroxyl groups excluding tert-OH is 12. The number of phenolic OH excluding ortho intramolecular Hbond substituents is 5. The Hall–Kier alpha value is -7.64. The monoisotopic (exact) mass is 1260 g/mol. The molecule has 4 aromatic rings. The van der Waals surface area contributed by atoms with Crippen LogP contribution < -0.4 is 18.9 Å². The van der Waals surface area contributed by atoms with Gasteiger partial charge in [-0.25, -0.2) is 9.59 Å². The van der Waals surface area contributed by atoms with E-state index in [-0.39, 0.29) is 45.6 Å². The fourth-order valence-electron chi connectivity index (χ4n) is 9.95. The molecule has 5 aliphatic rings. The number of fused-ring (bicyclic) bond motifs is 1. The van der Waals surface area contributed by atoms with Gasteiger partial charge in [0.25, 0.3) is 0 Å². The van der Waals surface area contributed by atoms with Crippen LogP contribution in [-0.2, 0) is 47.5 Å². The van der Waals surface area contributed by atoms with Crippen molar-refractivity contribution in [3.63, 3.8) is 0 Å². The van der Waals surface area contributed by atoms with Gasteiger partial charge in [-0.15, -0.1) is 0 Å². The average Bonchev–Trinajstić information content (AvgIpc) is 0.919. The molecule has 0 aromatic heterocycles. The summed E-state index contributed by atoms with van der Waals surface area (Å²) in [4.78, 5) is 25.4. The standard InChI is InChI=1S/C58H66O31/c1-22-53(89-40(65)12-6-23-3-8-27(9-4-23)82-56-49(74)46(71)43(68)37(87-56)20-79-39(64)11-7-24-5-10-29(61)30(62)13-24)48(73)52(77)55(81-22)80-21-38-44(69)47(72)51(76)58(88-38)85-35-18-28-32(83-54(35)25-14-31(63)41(66)34(15-25)78-2)16-26(60)17-33(28)84-57-50(75)45(70)42(67)36(19-59)86-57/h3-18,22,36-38,42-63,66-77H,19-21H2,1-2H3/b11-7+,12-6+/t22-,36+,37+,38+,42+,43+,44+,45-,46-,47-,48-,49+,50+,51+,52+,53-,54?,55+,56+,57+,58+/m0/s1. The fraction of sp³-hybridized carbons (Fsp3) is 0.448. The van der Waals surface area contributed by atoms with Crippen LogP contribution in [0.5, 0.6) is 51.7 Å². The van der Waals surface area contributed by atoms with Crippen LogP contribution in [0.2, 0.25) is 0 Å². The summed E-state index contributed by atoms with van der Waals surface area (Å²) < 4.78 is 68.3. The summed E-state index contributed by atoms with van der Waals surface area (Å²) in [5, 5.41) is 180. The summed E-state index contributed by atoms with van der Waals surface area (Å²) in [5.74, 6) is -5.44. The number of aromatic hydroxyl groups is 5. The molecular formula is C58H66O31. The minimum Gasteiger partial charge on any atom is -0.508 e. The van der Waals surface area contributed by atoms with Crippen molar-refractivity contribution in [2.45, 2.75) is 136 Å². The first-order valence-corrected chi connectivity index (χ1v) is 27.4. The number of carbonyl (C=O) groups is 2. The quantitative estimate of drug-likeness (QED) is 0.0257. The first-order chi connectivity index (χ1) is 42.3. The van der Waals surface area contributed by atoms with E-state index in [9.17, 15) is 96.4 Å². The van der Waals surface area contributed by atoms with E-state index >= 15 is 0 Å². The van der Waals surface area contributed by atoms with Gasteiger partial charge in [0, 0.05) is 29.8 Å². The lowest BCUT2D eigenvalue weighted by atomic mass is 9.97. The van der Waals surface area contributed by atoms with Gasteiger partial charge in [0.15, 0.2) is 41.5 Å². The molecule has 4 aromatic carbocycles. The second-order valence-corrected chi connectivity index (χ2v) is 21.1. The third-order valence-corrected chi connectivity index (χ3v) is 15.0. The van der Waals surface area contributed by atoms with Gasteiger partial charge in [-0.3, -0.25) is 0 Å². The number of esters is 2. The molecule has 0 bridgehead atoms. The normalized spacial score (nSPS) is 33.8. The maximum absolute atomic E-state index is 13.1. The summed E-state index contributed by atoms with van der Waals surface area (Å²) in [5.41, 5.74) is 0.693. The molecule has 0 radical (unpaired) electrons. The molecule has 9 rings (SSSR count). The topological polar surface area (TPSA) is 489 Å². The number of rotatable bonds is 19. The average molecular weight is 1260 g/mol. The van der Waals surface area contributed by atoms with Crippen LogP contribution in [0.25, 0.3) is 18.2 Å². The third-order valence-electron chi connectivity index (χ3n) is 15.0. The van der Waals surface area contributed by atoms with Gasteiger partial charge in [0.1, 0.15) is 121 Å². The molecule has 5 aliphatic heterocycles. The highest BCUT2D eigenvalue weighted by atomic mass is 16.7. The molecule has 4 fully saturated rings. The van der Waals surface area contributed by atoms with Crippen molar-refractivity contribution in [2.24, 2.45) is 0 Å². The van der Waals surface area contributed by atoms with Gasteiger partial charge < -0.3 is 144 Å². The highest BCUT2D eigenvalue weighted by Crippen LogP contribution is 2.48. The second kappa shape index (κ2) is 28.0. The second-order valence-electron chi connectivity index (χ2n) is 21.1. The van der Waals surface area contributed by atoms with Crippen molar-refractivity contribution in [1.29, 1.82) is 0 Å². The smallest absolute Gasteiger partial charge is 0.331 e. The molecule has 4 saturated heterocycles. The molecule has 0 amide bonds. The highest BCUT2D eigenvalue weighted by Gasteiger charge is 2.51. The molecule has 0 aliphatic carbocycles. The lowest BCUT2D eigenvalue weighted by Gasteiger charge is -2.43. The van der Waals surface area contributed by atoms with Gasteiger partial charge in [-0.05, 0) is 72.7 Å². The SMILES string of the molecule is COc1cc(C2Oc3cc(O)cc(O[C@@H]4O[C@H](CO)[C@@H](O)[C@H](O)[C@H]4O)c3C=C2O[C@@H]2O[C@H](CO[C@@H]3O[C@@H](C)[C@H](OC(=O)/C=C/c4ccc(O[C@@H]5O[C@H](COC(=O)/C=C/c6ccc(O)c(O)c6)[C@@H](O)[C@H](O)[C@H]5O)cc4)[C@@H](O)[C@H]3O)[C@@H](O)[C@H](O)[C@H]2O)cc(O)c1O. The largest absolute Gasteiger partial charge is 0.508 e. The van der Waals surface area contributed by atoms with E-state index in [4.69, 9.17) is 56.8 Å². The molecule has 0 spiro atoms. The van der Waals surface area contributed by atoms with Crippen LogP contribution in [0.3, 0.4) is 0 Å². The van der Waals surface area contributed by atoms with Crippen molar-refractivity contribution in [3.05, 3.63) is 107 Å². The number of methoxy groups -OCH3 is 1. The summed E-state index contributed by atoms with van der Waals surface area (Å²) in [6, 6.07) is 14.1. The molecule has 0 saturated carbocycles. The molecule has 89 heavy (non-hydrogen) atoms. The number of hydrogen-bond donors (Lipinski definition) is 17. The highest BCUT2D eigenvalue weighted by molar-refractivity contribution is 5.88. The molecular weight excluding hydrogens is 1190 g/mol. The molecule has 5 heterocycles. The van der Waals surface area contributed by atoms with E-state index < -0.39 is 184 Å². The van der Waals surface area contributed by atoms with Crippen molar-refractivity contribution >= 4 is 30.2 Å². The van der Waals surface area contributed by atoms with Gasteiger partial charge >= 0.3 is 11.9 Å². The Morgan fingerprint density at radius 1 is 0.539 bits per heavy atom. The summed E-state index contributed by atoms with van der Waals surface area (Å²) >= 11 is 0. The lowest BCUT2D eigenvalue weighted by Crippen LogP contribution is -2.61. The zero-order valence-corrected chi connectivity index (χ0v) is 46.8. The first kappa shape index (κ1) is 65.8. The minimum atomic E-state index is -2.05. The van der Waals surface area contributed by atoms with Crippen LogP contribution in [0.1, 0.15) is 35.3 Å². The van der Waals surface area contributed by atoms with E-state index in [1.807, 2.05) is 0 Å². The predicted molar refractivity (Wildman–Crippen MR) is 293 cm³/mol.